The summed E-state index contributed by atoms with van der Waals surface area (Å²) in [7, 11) is 0. The number of aromatic nitrogens is 1. The maximum absolute atomic E-state index is 5.49. The summed E-state index contributed by atoms with van der Waals surface area (Å²) >= 11 is 1.74. The van der Waals surface area contributed by atoms with Crippen molar-refractivity contribution in [1.29, 1.82) is 0 Å². The first-order valence-corrected chi connectivity index (χ1v) is 8.20. The first kappa shape index (κ1) is 17.4. The monoisotopic (exact) mass is 301 g/mol. The van der Waals surface area contributed by atoms with Crippen molar-refractivity contribution in [2.75, 3.05) is 37.7 Å². The van der Waals surface area contributed by atoms with Crippen LogP contribution < -0.4 is 10.2 Å². The van der Waals surface area contributed by atoms with E-state index in [4.69, 9.17) is 9.47 Å². The van der Waals surface area contributed by atoms with Crippen molar-refractivity contribution in [3.63, 3.8) is 0 Å². The van der Waals surface area contributed by atoms with E-state index < -0.39 is 0 Å². The molecule has 0 spiro atoms. The van der Waals surface area contributed by atoms with E-state index in [2.05, 4.69) is 29.0 Å². The zero-order valence-corrected chi connectivity index (χ0v) is 13.8. The van der Waals surface area contributed by atoms with Crippen LogP contribution in [-0.2, 0) is 16.0 Å². The molecule has 0 aliphatic carbocycles. The molecule has 0 aliphatic rings. The zero-order valence-electron chi connectivity index (χ0n) is 13.0. The van der Waals surface area contributed by atoms with Crippen LogP contribution in [0.3, 0.4) is 0 Å². The van der Waals surface area contributed by atoms with Crippen LogP contribution in [0.25, 0.3) is 0 Å². The van der Waals surface area contributed by atoms with Gasteiger partial charge in [-0.15, -0.1) is 11.3 Å². The highest BCUT2D eigenvalue weighted by Crippen LogP contribution is 2.21. The molecule has 0 saturated carbocycles. The van der Waals surface area contributed by atoms with Gasteiger partial charge in [0.15, 0.2) is 11.4 Å². The molecule has 0 saturated heterocycles. The molecule has 0 aliphatic heterocycles. The molecule has 20 heavy (non-hydrogen) atoms. The second-order valence-corrected chi connectivity index (χ2v) is 5.35. The average molecular weight is 301 g/mol. The van der Waals surface area contributed by atoms with Crippen molar-refractivity contribution >= 4 is 16.5 Å². The van der Waals surface area contributed by atoms with Crippen LogP contribution in [0.1, 0.15) is 32.6 Å². The van der Waals surface area contributed by atoms with E-state index in [1.165, 1.54) is 4.88 Å². The highest BCUT2D eigenvalue weighted by atomic mass is 32.1. The molecule has 0 amide bonds. The molecule has 0 atom stereocenters. The van der Waals surface area contributed by atoms with Crippen LogP contribution in [0.4, 0.5) is 5.13 Å². The largest absolute Gasteiger partial charge is 0.352 e. The van der Waals surface area contributed by atoms with Crippen molar-refractivity contribution in [2.24, 2.45) is 0 Å². The minimum absolute atomic E-state index is 0.167. The molecule has 0 radical (unpaired) electrons. The summed E-state index contributed by atoms with van der Waals surface area (Å²) in [6.45, 7) is 13.1. The molecule has 1 rings (SSSR count). The van der Waals surface area contributed by atoms with Crippen LogP contribution >= 0.6 is 11.3 Å². The smallest absolute Gasteiger partial charge is 0.185 e. The van der Waals surface area contributed by atoms with Crippen LogP contribution in [0.15, 0.2) is 6.20 Å². The summed E-state index contributed by atoms with van der Waals surface area (Å²) in [6.07, 6.45) is 1.78. The van der Waals surface area contributed by atoms with E-state index in [9.17, 15) is 0 Å². The first-order valence-electron chi connectivity index (χ1n) is 7.38. The number of nitrogens with one attached hydrogen (secondary N) is 1. The third-order valence-electron chi connectivity index (χ3n) is 2.89. The Bertz CT molecular complexity index is 350. The van der Waals surface area contributed by atoms with E-state index in [-0.39, 0.29) is 6.29 Å². The van der Waals surface area contributed by atoms with Gasteiger partial charge in [-0.25, -0.2) is 4.98 Å². The number of anilines is 1. The van der Waals surface area contributed by atoms with Crippen molar-refractivity contribution in [3.8, 4) is 0 Å². The van der Waals surface area contributed by atoms with Crippen LogP contribution in [0.2, 0.25) is 0 Å². The number of hydrogen-bond acceptors (Lipinski definition) is 6. The number of ether oxygens (including phenoxy) is 2. The Hall–Kier alpha value is -0.690. The van der Waals surface area contributed by atoms with Gasteiger partial charge in [0.2, 0.25) is 0 Å². The van der Waals surface area contributed by atoms with Gasteiger partial charge in [-0.3, -0.25) is 0 Å². The molecule has 5 nitrogen and oxygen atoms in total. The van der Waals surface area contributed by atoms with Gasteiger partial charge in [0.25, 0.3) is 0 Å². The number of nitrogens with zero attached hydrogens (tertiary/aromatic N) is 2. The molecule has 1 aromatic heterocycles. The summed E-state index contributed by atoms with van der Waals surface area (Å²) < 4.78 is 11.0. The number of rotatable bonds is 11. The standard InChI is InChI=1S/C14H27N3O2S/c1-5-17(6-2)14-16-10-12(20-14)9-15-11-13(18-7-3)19-8-4/h10,13,15H,5-9,11H2,1-4H3. The predicted molar refractivity (Wildman–Crippen MR) is 84.4 cm³/mol. The fraction of sp³-hybridized carbons (Fsp3) is 0.786. The molecule has 1 N–H and O–H groups in total. The number of hydrogen-bond donors (Lipinski definition) is 1. The molecular weight excluding hydrogens is 274 g/mol. The van der Waals surface area contributed by atoms with E-state index >= 15 is 0 Å². The van der Waals surface area contributed by atoms with Crippen molar-refractivity contribution in [2.45, 2.75) is 40.5 Å². The Balaban J connectivity index is 2.37. The normalized spacial score (nSPS) is 11.2. The zero-order chi connectivity index (χ0) is 14.8. The second kappa shape index (κ2) is 10.1. The molecule has 1 heterocycles. The summed E-state index contributed by atoms with van der Waals surface area (Å²) in [6, 6.07) is 0. The van der Waals surface area contributed by atoms with E-state index in [0.29, 0.717) is 19.8 Å². The molecule has 116 valence electrons. The minimum Gasteiger partial charge on any atom is -0.352 e. The molecule has 6 heteroatoms. The van der Waals surface area contributed by atoms with E-state index in [0.717, 1.165) is 24.8 Å². The highest BCUT2D eigenvalue weighted by Gasteiger charge is 2.09. The topological polar surface area (TPSA) is 46.6 Å². The lowest BCUT2D eigenvalue weighted by atomic mass is 10.5. The van der Waals surface area contributed by atoms with Gasteiger partial charge in [-0.1, -0.05) is 0 Å². The number of thiazole rings is 1. The molecular formula is C14H27N3O2S. The van der Waals surface area contributed by atoms with Gasteiger partial charge in [-0.05, 0) is 27.7 Å². The molecule has 0 unspecified atom stereocenters. The third-order valence-corrected chi connectivity index (χ3v) is 3.95. The molecule has 0 fully saturated rings. The lowest BCUT2D eigenvalue weighted by Gasteiger charge is -2.17. The summed E-state index contributed by atoms with van der Waals surface area (Å²) in [5.74, 6) is 0. The summed E-state index contributed by atoms with van der Waals surface area (Å²) in [4.78, 5) is 7.97. The van der Waals surface area contributed by atoms with E-state index in [1.807, 2.05) is 20.0 Å². The lowest BCUT2D eigenvalue weighted by Crippen LogP contribution is -2.31. The van der Waals surface area contributed by atoms with Gasteiger partial charge >= 0.3 is 0 Å². The maximum Gasteiger partial charge on any atom is 0.185 e. The summed E-state index contributed by atoms with van der Waals surface area (Å²) in [5.41, 5.74) is 0. The lowest BCUT2D eigenvalue weighted by molar-refractivity contribution is -0.133. The quantitative estimate of drug-likeness (QED) is 0.636. The summed E-state index contributed by atoms with van der Waals surface area (Å²) in [5, 5.41) is 4.46. The fourth-order valence-electron chi connectivity index (χ4n) is 1.87. The fourth-order valence-corrected chi connectivity index (χ4v) is 2.88. The van der Waals surface area contributed by atoms with Gasteiger partial charge in [0, 0.05) is 50.5 Å². The van der Waals surface area contributed by atoms with Crippen LogP contribution in [0.5, 0.6) is 0 Å². The SMILES string of the molecule is CCOC(CNCc1cnc(N(CC)CC)s1)OCC. The van der Waals surface area contributed by atoms with Gasteiger partial charge < -0.3 is 19.7 Å². The highest BCUT2D eigenvalue weighted by molar-refractivity contribution is 7.15. The van der Waals surface area contributed by atoms with Crippen LogP contribution in [0, 0.1) is 0 Å². The Kier molecular flexibility index (Phi) is 8.77. The van der Waals surface area contributed by atoms with Gasteiger partial charge in [-0.2, -0.15) is 0 Å². The Morgan fingerprint density at radius 1 is 1.20 bits per heavy atom. The first-order chi connectivity index (χ1) is 9.74. The Morgan fingerprint density at radius 3 is 2.40 bits per heavy atom. The Morgan fingerprint density at radius 2 is 1.85 bits per heavy atom. The van der Waals surface area contributed by atoms with Gasteiger partial charge in [0.1, 0.15) is 0 Å². The van der Waals surface area contributed by atoms with Gasteiger partial charge in [0.05, 0.1) is 0 Å². The van der Waals surface area contributed by atoms with Crippen molar-refractivity contribution < 1.29 is 9.47 Å². The van der Waals surface area contributed by atoms with Crippen molar-refractivity contribution in [3.05, 3.63) is 11.1 Å². The molecule has 0 aromatic carbocycles. The second-order valence-electron chi connectivity index (χ2n) is 4.25. The predicted octanol–water partition coefficient (Wildman–Crippen LogP) is 2.48. The third kappa shape index (κ3) is 5.75. The van der Waals surface area contributed by atoms with Crippen molar-refractivity contribution in [1.82, 2.24) is 10.3 Å². The average Bonchev–Trinajstić information content (AvgIpc) is 2.89. The van der Waals surface area contributed by atoms with E-state index in [1.54, 1.807) is 11.3 Å². The maximum atomic E-state index is 5.49. The molecule has 0 bridgehead atoms. The minimum atomic E-state index is -0.167. The Labute approximate surface area is 126 Å². The molecule has 1 aromatic rings. The van der Waals surface area contributed by atoms with Crippen LogP contribution in [-0.4, -0.2) is 44.1 Å².